The number of carboxylic acid groups (broad SMARTS) is 1. The molecule has 0 bridgehead atoms. The third-order valence-corrected chi connectivity index (χ3v) is 3.11. The van der Waals surface area contributed by atoms with Crippen LogP contribution in [0.4, 0.5) is 0 Å². The molecule has 0 saturated carbocycles. The fourth-order valence-corrected chi connectivity index (χ4v) is 2.11. The summed E-state index contributed by atoms with van der Waals surface area (Å²) in [5, 5.41) is 16.5. The van der Waals surface area contributed by atoms with Crippen molar-refractivity contribution >= 4 is 17.7 Å². The van der Waals surface area contributed by atoms with Crippen molar-refractivity contribution in [3.05, 3.63) is 36.2 Å². The average molecular weight is 250 g/mol. The summed E-state index contributed by atoms with van der Waals surface area (Å²) in [5.74, 6) is 0.453. The normalized spacial score (nSPS) is 10.4. The van der Waals surface area contributed by atoms with Crippen molar-refractivity contribution in [2.24, 2.45) is 7.05 Å². The van der Waals surface area contributed by atoms with E-state index in [9.17, 15) is 4.79 Å². The lowest BCUT2D eigenvalue weighted by atomic mass is 10.3. The van der Waals surface area contributed by atoms with Crippen LogP contribution >= 0.6 is 11.8 Å². The minimum Gasteiger partial charge on any atom is -0.477 e. The number of aromatic nitrogens is 4. The van der Waals surface area contributed by atoms with Gasteiger partial charge in [0.1, 0.15) is 17.8 Å². The van der Waals surface area contributed by atoms with Gasteiger partial charge in [-0.25, -0.2) is 9.78 Å². The van der Waals surface area contributed by atoms with E-state index >= 15 is 0 Å². The van der Waals surface area contributed by atoms with E-state index in [1.807, 2.05) is 11.6 Å². The second kappa shape index (κ2) is 4.96. The molecule has 0 saturated heterocycles. The number of rotatable bonds is 4. The Bertz CT molecular complexity index is 541. The van der Waals surface area contributed by atoms with Gasteiger partial charge in [0, 0.05) is 18.1 Å². The molecule has 1 N–H and O–H groups in total. The number of thioether (sulfide) groups is 1. The topological polar surface area (TPSA) is 80.9 Å². The molecule has 0 atom stereocenters. The fourth-order valence-electron chi connectivity index (χ4n) is 1.20. The van der Waals surface area contributed by atoms with Crippen molar-refractivity contribution in [1.29, 1.82) is 0 Å². The first-order valence-electron chi connectivity index (χ1n) is 4.82. The largest absolute Gasteiger partial charge is 0.477 e. The molecule has 0 aliphatic heterocycles. The van der Waals surface area contributed by atoms with Gasteiger partial charge >= 0.3 is 5.97 Å². The first-order valence-corrected chi connectivity index (χ1v) is 5.80. The number of pyridine rings is 1. The number of carbonyl (C=O) groups is 1. The van der Waals surface area contributed by atoms with Gasteiger partial charge in [-0.15, -0.1) is 22.0 Å². The zero-order chi connectivity index (χ0) is 12.3. The highest BCUT2D eigenvalue weighted by atomic mass is 32.2. The summed E-state index contributed by atoms with van der Waals surface area (Å²) < 4.78 is 1.83. The van der Waals surface area contributed by atoms with E-state index < -0.39 is 5.97 Å². The molecule has 0 amide bonds. The Morgan fingerprint density at radius 2 is 2.41 bits per heavy atom. The van der Waals surface area contributed by atoms with Gasteiger partial charge in [-0.05, 0) is 12.1 Å². The molecule has 0 spiro atoms. The summed E-state index contributed by atoms with van der Waals surface area (Å²) in [4.78, 5) is 15.3. The first-order chi connectivity index (χ1) is 8.16. The number of carboxylic acids is 1. The van der Waals surface area contributed by atoms with Crippen LogP contribution in [0.3, 0.4) is 0 Å². The van der Waals surface area contributed by atoms with Gasteiger partial charge in [-0.2, -0.15) is 0 Å². The van der Waals surface area contributed by atoms with E-state index in [2.05, 4.69) is 15.2 Å². The van der Waals surface area contributed by atoms with E-state index in [1.165, 1.54) is 18.0 Å². The quantitative estimate of drug-likeness (QED) is 0.821. The molecule has 0 fully saturated rings. The number of aryl methyl sites for hydroxylation is 1. The van der Waals surface area contributed by atoms with Gasteiger partial charge in [-0.1, -0.05) is 0 Å². The van der Waals surface area contributed by atoms with Crippen LogP contribution in [0.5, 0.6) is 0 Å². The van der Waals surface area contributed by atoms with Crippen LogP contribution < -0.4 is 0 Å². The number of hydrogen-bond donors (Lipinski definition) is 1. The summed E-state index contributed by atoms with van der Waals surface area (Å²) in [5.41, 5.74) is 0.0490. The predicted molar refractivity (Wildman–Crippen MR) is 61.8 cm³/mol. The highest BCUT2D eigenvalue weighted by molar-refractivity contribution is 7.98. The molecule has 0 unspecified atom stereocenters. The van der Waals surface area contributed by atoms with Gasteiger partial charge in [0.2, 0.25) is 0 Å². The van der Waals surface area contributed by atoms with Crippen LogP contribution in [0.2, 0.25) is 0 Å². The lowest BCUT2D eigenvalue weighted by molar-refractivity contribution is 0.0690. The molecule has 88 valence electrons. The van der Waals surface area contributed by atoms with Crippen LogP contribution in [0, 0.1) is 0 Å². The molecule has 17 heavy (non-hydrogen) atoms. The van der Waals surface area contributed by atoms with E-state index in [4.69, 9.17) is 5.11 Å². The van der Waals surface area contributed by atoms with Crippen LogP contribution in [0.1, 0.15) is 16.3 Å². The van der Waals surface area contributed by atoms with E-state index in [0.29, 0.717) is 5.75 Å². The third kappa shape index (κ3) is 2.82. The molecule has 0 aliphatic rings. The molecule has 0 aromatic carbocycles. The lowest BCUT2D eigenvalue weighted by Gasteiger charge is -2.01. The van der Waals surface area contributed by atoms with E-state index in [1.54, 1.807) is 18.5 Å². The molecule has 2 aromatic rings. The van der Waals surface area contributed by atoms with Crippen molar-refractivity contribution < 1.29 is 9.90 Å². The molecule has 2 aromatic heterocycles. The maximum absolute atomic E-state index is 10.7. The summed E-state index contributed by atoms with van der Waals surface area (Å²) in [6.45, 7) is 0. The molecular formula is C10H10N4O2S. The van der Waals surface area contributed by atoms with Crippen LogP contribution in [0.15, 0.2) is 29.6 Å². The maximum Gasteiger partial charge on any atom is 0.354 e. The Balaban J connectivity index is 2.07. The number of hydrogen-bond acceptors (Lipinski definition) is 5. The Labute approximate surface area is 102 Å². The van der Waals surface area contributed by atoms with E-state index in [-0.39, 0.29) is 5.69 Å². The van der Waals surface area contributed by atoms with Gasteiger partial charge in [0.05, 0.1) is 5.75 Å². The molecule has 7 heteroatoms. The zero-order valence-corrected chi connectivity index (χ0v) is 9.89. The predicted octanol–water partition coefficient (Wildman–Crippen LogP) is 1.20. The SMILES string of the molecule is Cn1cnnc1CSc1ccnc(C(=O)O)c1. The molecule has 0 radical (unpaired) electrons. The summed E-state index contributed by atoms with van der Waals surface area (Å²) >= 11 is 1.50. The second-order valence-corrected chi connectivity index (χ2v) is 4.38. The first kappa shape index (κ1) is 11.6. The minimum atomic E-state index is -1.02. The molecule has 2 heterocycles. The monoisotopic (exact) mass is 250 g/mol. The molecule has 0 aliphatic carbocycles. The van der Waals surface area contributed by atoms with Crippen molar-refractivity contribution in [2.45, 2.75) is 10.6 Å². The van der Waals surface area contributed by atoms with E-state index in [0.717, 1.165) is 10.7 Å². The summed E-state index contributed by atoms with van der Waals surface area (Å²) in [6.07, 6.45) is 3.12. The van der Waals surface area contributed by atoms with Crippen LogP contribution in [-0.2, 0) is 12.8 Å². The summed E-state index contributed by atoms with van der Waals surface area (Å²) in [6, 6.07) is 3.32. The summed E-state index contributed by atoms with van der Waals surface area (Å²) in [7, 11) is 1.87. The van der Waals surface area contributed by atoms with Crippen molar-refractivity contribution in [3.63, 3.8) is 0 Å². The second-order valence-electron chi connectivity index (χ2n) is 3.33. The van der Waals surface area contributed by atoms with Crippen molar-refractivity contribution in [1.82, 2.24) is 19.7 Å². The Hall–Kier alpha value is -1.89. The maximum atomic E-state index is 10.7. The molecular weight excluding hydrogens is 240 g/mol. The average Bonchev–Trinajstić information content (AvgIpc) is 2.72. The van der Waals surface area contributed by atoms with Crippen LogP contribution in [-0.4, -0.2) is 30.8 Å². The highest BCUT2D eigenvalue weighted by Gasteiger charge is 2.06. The molecule has 2 rings (SSSR count). The number of aromatic carboxylic acids is 1. The standard InChI is InChI=1S/C10H10N4O2S/c1-14-6-12-13-9(14)5-17-7-2-3-11-8(4-7)10(15)16/h2-4,6H,5H2,1H3,(H,15,16). The van der Waals surface area contributed by atoms with Crippen molar-refractivity contribution in [3.8, 4) is 0 Å². The van der Waals surface area contributed by atoms with Gasteiger partial charge in [0.15, 0.2) is 0 Å². The smallest absolute Gasteiger partial charge is 0.354 e. The molecule has 6 nitrogen and oxygen atoms in total. The minimum absolute atomic E-state index is 0.0490. The van der Waals surface area contributed by atoms with Gasteiger partial charge in [0.25, 0.3) is 0 Å². The van der Waals surface area contributed by atoms with Crippen LogP contribution in [0.25, 0.3) is 0 Å². The van der Waals surface area contributed by atoms with Gasteiger partial charge in [-0.3, -0.25) is 0 Å². The van der Waals surface area contributed by atoms with Gasteiger partial charge < -0.3 is 9.67 Å². The third-order valence-electron chi connectivity index (χ3n) is 2.12. The highest BCUT2D eigenvalue weighted by Crippen LogP contribution is 2.21. The zero-order valence-electron chi connectivity index (χ0n) is 9.07. The Kier molecular flexibility index (Phi) is 3.38. The Morgan fingerprint density at radius 3 is 3.06 bits per heavy atom. The fraction of sp³-hybridized carbons (Fsp3) is 0.200. The van der Waals surface area contributed by atoms with Crippen molar-refractivity contribution in [2.75, 3.05) is 0 Å². The lowest BCUT2D eigenvalue weighted by Crippen LogP contribution is -1.99. The number of nitrogens with zero attached hydrogens (tertiary/aromatic N) is 4. The Morgan fingerprint density at radius 1 is 1.59 bits per heavy atom.